The summed E-state index contributed by atoms with van der Waals surface area (Å²) in [7, 11) is 0. The smallest absolute Gasteiger partial charge is 0.0309 e. The first-order valence-corrected chi connectivity index (χ1v) is 7.20. The molecule has 1 unspecified atom stereocenters. The molecule has 1 aromatic carbocycles. The Morgan fingerprint density at radius 3 is 2.44 bits per heavy atom. The highest BCUT2D eigenvalue weighted by Gasteiger charge is 2.39. The Morgan fingerprint density at radius 1 is 1.28 bits per heavy atom. The predicted molar refractivity (Wildman–Crippen MR) is 77.6 cm³/mol. The molecule has 2 N–H and O–H groups in total. The summed E-state index contributed by atoms with van der Waals surface area (Å²) in [5, 5.41) is 0. The number of rotatable bonds is 7. The summed E-state index contributed by atoms with van der Waals surface area (Å²) in [6, 6.07) is 11.5. The number of hydrogen-bond acceptors (Lipinski definition) is 2. The first-order valence-electron chi connectivity index (χ1n) is 7.20. The Morgan fingerprint density at radius 2 is 1.94 bits per heavy atom. The summed E-state index contributed by atoms with van der Waals surface area (Å²) < 4.78 is 0. The van der Waals surface area contributed by atoms with E-state index in [1.54, 1.807) is 0 Å². The maximum Gasteiger partial charge on any atom is 0.0309 e. The summed E-state index contributed by atoms with van der Waals surface area (Å²) in [4.78, 5) is 2.62. The molecule has 2 nitrogen and oxygen atoms in total. The standard InChI is InChI=1S/C16H26N2/c1-3-18(15-9-10-15)16(2,13-17)12-11-14-7-5-4-6-8-14/h4-8,15H,3,9-13,17H2,1-2H3. The second-order valence-corrected chi connectivity index (χ2v) is 5.70. The number of nitrogens with two attached hydrogens (primary N) is 1. The van der Waals surface area contributed by atoms with Crippen LogP contribution in [0.25, 0.3) is 0 Å². The van der Waals surface area contributed by atoms with Crippen molar-refractivity contribution in [2.24, 2.45) is 5.73 Å². The van der Waals surface area contributed by atoms with E-state index < -0.39 is 0 Å². The minimum absolute atomic E-state index is 0.158. The quantitative estimate of drug-likeness (QED) is 0.801. The Hall–Kier alpha value is -0.860. The molecular weight excluding hydrogens is 220 g/mol. The minimum Gasteiger partial charge on any atom is -0.329 e. The van der Waals surface area contributed by atoms with Gasteiger partial charge in [-0.3, -0.25) is 4.90 Å². The van der Waals surface area contributed by atoms with E-state index in [0.717, 1.165) is 32.0 Å². The van der Waals surface area contributed by atoms with Gasteiger partial charge in [-0.25, -0.2) is 0 Å². The lowest BCUT2D eigenvalue weighted by atomic mass is 9.91. The van der Waals surface area contributed by atoms with E-state index in [1.807, 2.05) is 0 Å². The van der Waals surface area contributed by atoms with Crippen LogP contribution in [-0.2, 0) is 6.42 Å². The molecule has 0 spiro atoms. The van der Waals surface area contributed by atoms with Gasteiger partial charge in [-0.15, -0.1) is 0 Å². The van der Waals surface area contributed by atoms with Crippen LogP contribution >= 0.6 is 0 Å². The molecule has 0 aromatic heterocycles. The molecule has 0 heterocycles. The zero-order valence-corrected chi connectivity index (χ0v) is 11.7. The van der Waals surface area contributed by atoms with E-state index in [9.17, 15) is 0 Å². The number of benzene rings is 1. The fourth-order valence-electron chi connectivity index (χ4n) is 2.89. The van der Waals surface area contributed by atoms with Gasteiger partial charge >= 0.3 is 0 Å². The summed E-state index contributed by atoms with van der Waals surface area (Å²) in [6.45, 7) is 6.46. The van der Waals surface area contributed by atoms with Gasteiger partial charge in [-0.2, -0.15) is 0 Å². The highest BCUT2D eigenvalue weighted by molar-refractivity contribution is 5.15. The van der Waals surface area contributed by atoms with E-state index >= 15 is 0 Å². The molecule has 2 rings (SSSR count). The third-order valence-electron chi connectivity index (χ3n) is 4.26. The summed E-state index contributed by atoms with van der Waals surface area (Å²) in [5.74, 6) is 0. The fraction of sp³-hybridized carbons (Fsp3) is 0.625. The largest absolute Gasteiger partial charge is 0.329 e. The summed E-state index contributed by atoms with van der Waals surface area (Å²) in [6.07, 6.45) is 4.99. The van der Waals surface area contributed by atoms with Crippen molar-refractivity contribution in [1.82, 2.24) is 4.90 Å². The second kappa shape index (κ2) is 5.85. The number of nitrogens with zero attached hydrogens (tertiary/aromatic N) is 1. The highest BCUT2D eigenvalue weighted by atomic mass is 15.2. The Labute approximate surface area is 111 Å². The second-order valence-electron chi connectivity index (χ2n) is 5.70. The first kappa shape index (κ1) is 13.6. The van der Waals surface area contributed by atoms with Gasteiger partial charge < -0.3 is 5.73 Å². The SMILES string of the molecule is CCN(C1CC1)C(C)(CN)CCc1ccccc1. The molecule has 0 radical (unpaired) electrons. The van der Waals surface area contributed by atoms with Crippen molar-refractivity contribution in [2.75, 3.05) is 13.1 Å². The van der Waals surface area contributed by atoms with Gasteiger partial charge in [0.2, 0.25) is 0 Å². The van der Waals surface area contributed by atoms with Crippen LogP contribution in [0.3, 0.4) is 0 Å². The molecule has 1 aromatic rings. The Bertz CT molecular complexity index is 359. The molecule has 1 aliphatic rings. The number of hydrogen-bond donors (Lipinski definition) is 1. The molecule has 0 bridgehead atoms. The lowest BCUT2D eigenvalue weighted by molar-refractivity contribution is 0.0990. The van der Waals surface area contributed by atoms with Crippen molar-refractivity contribution in [2.45, 2.75) is 51.1 Å². The molecule has 0 aliphatic heterocycles. The third kappa shape index (κ3) is 3.12. The normalized spacial score (nSPS) is 18.9. The molecule has 2 heteroatoms. The zero-order valence-electron chi connectivity index (χ0n) is 11.7. The van der Waals surface area contributed by atoms with Gasteiger partial charge in [-0.05, 0) is 44.7 Å². The predicted octanol–water partition coefficient (Wildman–Crippen LogP) is 2.82. The van der Waals surface area contributed by atoms with Crippen LogP contribution in [-0.4, -0.2) is 29.6 Å². The number of aryl methyl sites for hydroxylation is 1. The fourth-order valence-corrected chi connectivity index (χ4v) is 2.89. The van der Waals surface area contributed by atoms with Crippen molar-refractivity contribution in [3.8, 4) is 0 Å². The minimum atomic E-state index is 0.158. The van der Waals surface area contributed by atoms with E-state index in [-0.39, 0.29) is 5.54 Å². The molecule has 1 fully saturated rings. The van der Waals surface area contributed by atoms with Gasteiger partial charge in [0.1, 0.15) is 0 Å². The van der Waals surface area contributed by atoms with Gasteiger partial charge in [-0.1, -0.05) is 37.3 Å². The zero-order chi connectivity index (χ0) is 13.0. The first-order chi connectivity index (χ1) is 8.69. The monoisotopic (exact) mass is 246 g/mol. The van der Waals surface area contributed by atoms with Crippen molar-refractivity contribution in [1.29, 1.82) is 0 Å². The van der Waals surface area contributed by atoms with Crippen molar-refractivity contribution in [3.63, 3.8) is 0 Å². The van der Waals surface area contributed by atoms with Crippen LogP contribution in [0.2, 0.25) is 0 Å². The highest BCUT2D eigenvalue weighted by Crippen LogP contribution is 2.34. The van der Waals surface area contributed by atoms with E-state index in [4.69, 9.17) is 5.73 Å². The maximum absolute atomic E-state index is 6.07. The molecule has 1 atom stereocenters. The van der Waals surface area contributed by atoms with Crippen molar-refractivity contribution < 1.29 is 0 Å². The van der Waals surface area contributed by atoms with Crippen molar-refractivity contribution in [3.05, 3.63) is 35.9 Å². The third-order valence-corrected chi connectivity index (χ3v) is 4.26. The maximum atomic E-state index is 6.07. The van der Waals surface area contributed by atoms with E-state index in [2.05, 4.69) is 49.1 Å². The van der Waals surface area contributed by atoms with E-state index in [1.165, 1.54) is 18.4 Å². The molecule has 100 valence electrons. The Kier molecular flexibility index (Phi) is 4.41. The average Bonchev–Trinajstić information content (AvgIpc) is 3.23. The van der Waals surface area contributed by atoms with Gasteiger partial charge in [0.25, 0.3) is 0 Å². The van der Waals surface area contributed by atoms with Gasteiger partial charge in [0, 0.05) is 18.1 Å². The molecule has 0 saturated heterocycles. The van der Waals surface area contributed by atoms with Crippen LogP contribution in [0.1, 0.15) is 38.7 Å². The molecule has 0 amide bonds. The molecule has 18 heavy (non-hydrogen) atoms. The molecule has 1 saturated carbocycles. The Balaban J connectivity index is 1.98. The van der Waals surface area contributed by atoms with Crippen LogP contribution in [0.4, 0.5) is 0 Å². The summed E-state index contributed by atoms with van der Waals surface area (Å²) >= 11 is 0. The van der Waals surface area contributed by atoms with Crippen LogP contribution < -0.4 is 5.73 Å². The molecular formula is C16H26N2. The van der Waals surface area contributed by atoms with Crippen molar-refractivity contribution >= 4 is 0 Å². The molecule has 1 aliphatic carbocycles. The van der Waals surface area contributed by atoms with Crippen LogP contribution in [0.15, 0.2) is 30.3 Å². The van der Waals surface area contributed by atoms with Crippen LogP contribution in [0, 0.1) is 0 Å². The lowest BCUT2D eigenvalue weighted by Crippen LogP contribution is -2.53. The topological polar surface area (TPSA) is 29.3 Å². The van der Waals surface area contributed by atoms with Gasteiger partial charge in [0.05, 0.1) is 0 Å². The number of likely N-dealkylation sites (N-methyl/N-ethyl adjacent to an activating group) is 1. The summed E-state index contributed by atoms with van der Waals surface area (Å²) in [5.41, 5.74) is 7.65. The lowest BCUT2D eigenvalue weighted by Gasteiger charge is -2.40. The van der Waals surface area contributed by atoms with Crippen LogP contribution in [0.5, 0.6) is 0 Å². The van der Waals surface area contributed by atoms with Gasteiger partial charge in [0.15, 0.2) is 0 Å². The average molecular weight is 246 g/mol. The van der Waals surface area contributed by atoms with E-state index in [0.29, 0.717) is 0 Å².